The van der Waals surface area contributed by atoms with Gasteiger partial charge in [0.15, 0.2) is 11.5 Å². The Morgan fingerprint density at radius 2 is 1.58 bits per heavy atom. The van der Waals surface area contributed by atoms with Crippen molar-refractivity contribution in [3.8, 4) is 11.5 Å². The fraction of sp³-hybridized carbons (Fsp3) is 0.125. The van der Waals surface area contributed by atoms with Gasteiger partial charge in [-0.3, -0.25) is 19.7 Å². The summed E-state index contributed by atoms with van der Waals surface area (Å²) in [6.45, 7) is 0. The Morgan fingerprint density at radius 1 is 0.917 bits per heavy atom. The van der Waals surface area contributed by atoms with Gasteiger partial charge in [0.05, 0.1) is 36.0 Å². The van der Waals surface area contributed by atoms with Crippen LogP contribution in [-0.2, 0) is 0 Å². The number of nitro groups is 1. The molecule has 3 rings (SSSR count). The van der Waals surface area contributed by atoms with Crippen molar-refractivity contribution in [2.75, 3.05) is 19.1 Å². The largest absolute Gasteiger partial charge is 0.493 e. The number of carbonyl (C=O) groups is 2. The summed E-state index contributed by atoms with van der Waals surface area (Å²) in [5, 5.41) is 10.9. The topological polar surface area (TPSA) is 99.0 Å². The molecule has 0 unspecified atom stereocenters. The van der Waals surface area contributed by atoms with Gasteiger partial charge in [-0.2, -0.15) is 0 Å². The smallest absolute Gasteiger partial charge is 0.270 e. The highest BCUT2D eigenvalue weighted by Gasteiger charge is 2.38. The molecule has 2 amide bonds. The van der Waals surface area contributed by atoms with Crippen molar-refractivity contribution in [1.82, 2.24) is 0 Å². The minimum Gasteiger partial charge on any atom is -0.493 e. The van der Waals surface area contributed by atoms with E-state index >= 15 is 0 Å². The molecule has 0 aromatic heterocycles. The second-order valence-electron chi connectivity index (χ2n) is 4.97. The van der Waals surface area contributed by atoms with E-state index in [4.69, 9.17) is 9.47 Å². The first kappa shape index (κ1) is 15.5. The molecule has 24 heavy (non-hydrogen) atoms. The summed E-state index contributed by atoms with van der Waals surface area (Å²) < 4.78 is 10.3. The normalized spacial score (nSPS) is 13.0. The van der Waals surface area contributed by atoms with Gasteiger partial charge in [-0.1, -0.05) is 0 Å². The first-order chi connectivity index (χ1) is 11.5. The van der Waals surface area contributed by atoms with E-state index in [0.717, 1.165) is 11.0 Å². The molecule has 8 nitrogen and oxygen atoms in total. The van der Waals surface area contributed by atoms with E-state index in [1.807, 2.05) is 0 Å². The van der Waals surface area contributed by atoms with Crippen molar-refractivity contribution in [2.45, 2.75) is 0 Å². The summed E-state index contributed by atoms with van der Waals surface area (Å²) in [5.74, 6) is -0.353. The molecule has 0 saturated heterocycles. The van der Waals surface area contributed by atoms with Gasteiger partial charge in [-0.05, 0) is 18.2 Å². The molecular formula is C16H12N2O6. The predicted molar refractivity (Wildman–Crippen MR) is 83.8 cm³/mol. The molecule has 0 N–H and O–H groups in total. The zero-order chi connectivity index (χ0) is 17.4. The lowest BCUT2D eigenvalue weighted by molar-refractivity contribution is -0.384. The number of hydrogen-bond donors (Lipinski definition) is 0. The average Bonchev–Trinajstić information content (AvgIpc) is 2.84. The summed E-state index contributed by atoms with van der Waals surface area (Å²) >= 11 is 0. The van der Waals surface area contributed by atoms with Crippen LogP contribution < -0.4 is 14.4 Å². The number of nitro benzene ring substituents is 1. The van der Waals surface area contributed by atoms with Crippen LogP contribution in [0.3, 0.4) is 0 Å². The third-order valence-electron chi connectivity index (χ3n) is 3.71. The third kappa shape index (κ3) is 2.24. The van der Waals surface area contributed by atoms with Gasteiger partial charge in [0.25, 0.3) is 17.5 Å². The lowest BCUT2D eigenvalue weighted by Crippen LogP contribution is -2.29. The number of non-ortho nitro benzene ring substituents is 1. The second-order valence-corrected chi connectivity index (χ2v) is 4.97. The van der Waals surface area contributed by atoms with E-state index in [0.29, 0.717) is 17.2 Å². The van der Waals surface area contributed by atoms with Crippen LogP contribution in [0.2, 0.25) is 0 Å². The molecule has 0 atom stereocenters. The molecule has 8 heteroatoms. The molecule has 0 bridgehead atoms. The lowest BCUT2D eigenvalue weighted by atomic mass is 10.1. The maximum Gasteiger partial charge on any atom is 0.270 e. The molecule has 0 saturated carbocycles. The average molecular weight is 328 g/mol. The lowest BCUT2D eigenvalue weighted by Gasteiger charge is -2.16. The number of hydrogen-bond acceptors (Lipinski definition) is 6. The van der Waals surface area contributed by atoms with Crippen molar-refractivity contribution in [1.29, 1.82) is 0 Å². The van der Waals surface area contributed by atoms with Crippen molar-refractivity contribution >= 4 is 23.2 Å². The minimum absolute atomic E-state index is 0.00369. The van der Waals surface area contributed by atoms with Gasteiger partial charge >= 0.3 is 0 Å². The highest BCUT2D eigenvalue weighted by atomic mass is 16.6. The van der Waals surface area contributed by atoms with E-state index < -0.39 is 16.7 Å². The van der Waals surface area contributed by atoms with Gasteiger partial charge < -0.3 is 9.47 Å². The molecule has 1 aliphatic rings. The third-order valence-corrected chi connectivity index (χ3v) is 3.71. The number of fused-ring (bicyclic) bond motifs is 1. The molecular weight excluding hydrogens is 316 g/mol. The number of imide groups is 1. The van der Waals surface area contributed by atoms with Crippen molar-refractivity contribution in [3.05, 3.63) is 57.6 Å². The van der Waals surface area contributed by atoms with Crippen LogP contribution in [0.1, 0.15) is 20.7 Å². The number of nitrogens with zero attached hydrogens (tertiary/aromatic N) is 2. The summed E-state index contributed by atoms with van der Waals surface area (Å²) in [7, 11) is 2.91. The quantitative estimate of drug-likeness (QED) is 0.485. The first-order valence-electron chi connectivity index (χ1n) is 6.87. The van der Waals surface area contributed by atoms with E-state index in [2.05, 4.69) is 0 Å². The zero-order valence-electron chi connectivity index (χ0n) is 12.8. The van der Waals surface area contributed by atoms with Crippen molar-refractivity contribution < 1.29 is 24.0 Å². The van der Waals surface area contributed by atoms with E-state index in [1.165, 1.54) is 38.5 Å². The van der Waals surface area contributed by atoms with Crippen LogP contribution >= 0.6 is 0 Å². The highest BCUT2D eigenvalue weighted by molar-refractivity contribution is 6.34. The molecule has 0 spiro atoms. The summed E-state index contributed by atoms with van der Waals surface area (Å²) in [6, 6.07) is 8.19. The Bertz CT molecular complexity index is 877. The maximum absolute atomic E-state index is 12.5. The Morgan fingerprint density at radius 3 is 2.21 bits per heavy atom. The monoisotopic (exact) mass is 328 g/mol. The van der Waals surface area contributed by atoms with Crippen molar-refractivity contribution in [2.24, 2.45) is 0 Å². The molecule has 0 fully saturated rings. The molecule has 1 heterocycles. The number of benzene rings is 2. The highest BCUT2D eigenvalue weighted by Crippen LogP contribution is 2.36. The van der Waals surface area contributed by atoms with Crippen LogP contribution in [0.4, 0.5) is 11.4 Å². The zero-order valence-corrected chi connectivity index (χ0v) is 12.8. The van der Waals surface area contributed by atoms with Crippen LogP contribution in [0.5, 0.6) is 11.5 Å². The molecule has 1 aliphatic heterocycles. The second kappa shape index (κ2) is 5.65. The van der Waals surface area contributed by atoms with Gasteiger partial charge in [0.2, 0.25) is 0 Å². The van der Waals surface area contributed by atoms with E-state index in [9.17, 15) is 19.7 Å². The van der Waals surface area contributed by atoms with E-state index in [1.54, 1.807) is 6.07 Å². The molecule has 0 aliphatic carbocycles. The molecule has 2 aromatic carbocycles. The number of anilines is 1. The van der Waals surface area contributed by atoms with Crippen LogP contribution in [0.25, 0.3) is 0 Å². The van der Waals surface area contributed by atoms with Gasteiger partial charge in [-0.25, -0.2) is 4.90 Å². The Balaban J connectivity index is 2.06. The summed E-state index contributed by atoms with van der Waals surface area (Å²) in [4.78, 5) is 36.3. The van der Waals surface area contributed by atoms with Gasteiger partial charge in [0, 0.05) is 18.2 Å². The van der Waals surface area contributed by atoms with Crippen LogP contribution in [0, 0.1) is 10.1 Å². The standard InChI is InChI=1S/C16H12N2O6/c1-23-13-6-4-9(8-14(13)24-2)17-15(19)11-5-3-10(18(21)22)7-12(11)16(17)20/h3-8H,1-2H3. The SMILES string of the molecule is COc1ccc(N2C(=O)c3ccc([N+](=O)[O-])cc3C2=O)cc1OC. The summed E-state index contributed by atoms with van der Waals surface area (Å²) in [6.07, 6.45) is 0. The number of carbonyl (C=O) groups excluding carboxylic acids is 2. The van der Waals surface area contributed by atoms with Crippen LogP contribution in [-0.4, -0.2) is 31.0 Å². The summed E-state index contributed by atoms with van der Waals surface area (Å²) in [5.41, 5.74) is 0.176. The Labute approximate surface area is 136 Å². The Hall–Kier alpha value is -3.42. The molecule has 122 valence electrons. The number of rotatable bonds is 4. The van der Waals surface area contributed by atoms with Gasteiger partial charge in [-0.15, -0.1) is 0 Å². The molecule has 2 aromatic rings. The number of ether oxygens (including phenoxy) is 2. The van der Waals surface area contributed by atoms with Crippen LogP contribution in [0.15, 0.2) is 36.4 Å². The van der Waals surface area contributed by atoms with Gasteiger partial charge in [0.1, 0.15) is 0 Å². The first-order valence-corrected chi connectivity index (χ1v) is 6.87. The number of amides is 2. The maximum atomic E-state index is 12.5. The molecule has 0 radical (unpaired) electrons. The predicted octanol–water partition coefficient (Wildman–Crippen LogP) is 2.41. The van der Waals surface area contributed by atoms with Crippen molar-refractivity contribution in [3.63, 3.8) is 0 Å². The fourth-order valence-electron chi connectivity index (χ4n) is 2.54. The fourth-order valence-corrected chi connectivity index (χ4v) is 2.54. The number of methoxy groups -OCH3 is 2. The van der Waals surface area contributed by atoms with E-state index in [-0.39, 0.29) is 16.8 Å². The Kier molecular flexibility index (Phi) is 3.64. The minimum atomic E-state index is -0.620.